The molecule has 1 amide bonds. The van der Waals surface area contributed by atoms with E-state index in [9.17, 15) is 4.79 Å². The fourth-order valence-electron chi connectivity index (χ4n) is 2.09. The van der Waals surface area contributed by atoms with Crippen LogP contribution in [0.2, 0.25) is 0 Å². The van der Waals surface area contributed by atoms with Crippen molar-refractivity contribution in [2.45, 2.75) is 19.4 Å². The van der Waals surface area contributed by atoms with E-state index in [0.29, 0.717) is 6.54 Å². The summed E-state index contributed by atoms with van der Waals surface area (Å²) in [5, 5.41) is 3.26. The third-order valence-electron chi connectivity index (χ3n) is 3.00. The van der Waals surface area contributed by atoms with Gasteiger partial charge in [0.2, 0.25) is 5.91 Å². The molecular weight excluding hydrogens is 204 g/mol. The van der Waals surface area contributed by atoms with Crippen LogP contribution in [-0.4, -0.2) is 30.9 Å². The van der Waals surface area contributed by atoms with E-state index in [2.05, 4.69) is 5.32 Å². The van der Waals surface area contributed by atoms with Gasteiger partial charge in [0.25, 0.3) is 0 Å². The van der Waals surface area contributed by atoms with Gasteiger partial charge >= 0.3 is 0 Å². The number of carbonyl (C=O) groups excluding carboxylic acids is 1. The van der Waals surface area contributed by atoms with Crippen molar-refractivity contribution in [1.82, 2.24) is 10.2 Å². The second kappa shape index (κ2) is 5.16. The molecular formula is C12H18N2O2. The highest BCUT2D eigenvalue weighted by atomic mass is 16.3. The molecule has 1 aromatic heterocycles. The minimum Gasteiger partial charge on any atom is -0.467 e. The largest absolute Gasteiger partial charge is 0.467 e. The second-order valence-electron chi connectivity index (χ2n) is 4.32. The number of nitrogens with zero attached hydrogens (tertiary/aromatic N) is 1. The normalized spacial score (nSPS) is 20.7. The second-order valence-corrected chi connectivity index (χ2v) is 4.32. The van der Waals surface area contributed by atoms with Crippen LogP contribution >= 0.6 is 0 Å². The Bertz CT molecular complexity index is 329. The lowest BCUT2D eigenvalue weighted by Crippen LogP contribution is -2.41. The van der Waals surface area contributed by atoms with Crippen molar-refractivity contribution < 1.29 is 9.21 Å². The lowest BCUT2D eigenvalue weighted by Gasteiger charge is -2.26. The highest BCUT2D eigenvalue weighted by molar-refractivity contribution is 5.78. The van der Waals surface area contributed by atoms with Crippen molar-refractivity contribution in [3.05, 3.63) is 24.2 Å². The van der Waals surface area contributed by atoms with Crippen molar-refractivity contribution in [3.63, 3.8) is 0 Å². The Morgan fingerprint density at radius 1 is 1.69 bits per heavy atom. The van der Waals surface area contributed by atoms with Gasteiger partial charge in [-0.25, -0.2) is 0 Å². The monoisotopic (exact) mass is 222 g/mol. The number of amides is 1. The Labute approximate surface area is 95.6 Å². The molecule has 0 aliphatic carbocycles. The van der Waals surface area contributed by atoms with Crippen molar-refractivity contribution in [3.8, 4) is 0 Å². The van der Waals surface area contributed by atoms with Crippen molar-refractivity contribution >= 4 is 5.91 Å². The molecule has 1 aromatic rings. The first kappa shape index (κ1) is 11.2. The van der Waals surface area contributed by atoms with Gasteiger partial charge in [0.05, 0.1) is 18.7 Å². The smallest absolute Gasteiger partial charge is 0.227 e. The van der Waals surface area contributed by atoms with Gasteiger partial charge in [-0.1, -0.05) is 0 Å². The molecule has 1 saturated heterocycles. The number of piperidine rings is 1. The molecule has 0 saturated carbocycles. The van der Waals surface area contributed by atoms with Crippen LogP contribution in [0.4, 0.5) is 0 Å². The number of carbonyl (C=O) groups is 1. The molecule has 1 N–H and O–H groups in total. The summed E-state index contributed by atoms with van der Waals surface area (Å²) in [6.45, 7) is 2.40. The molecule has 0 radical (unpaired) electrons. The molecule has 2 rings (SSSR count). The van der Waals surface area contributed by atoms with E-state index >= 15 is 0 Å². The molecule has 0 unspecified atom stereocenters. The molecule has 4 heteroatoms. The summed E-state index contributed by atoms with van der Waals surface area (Å²) in [5.74, 6) is 1.18. The minimum absolute atomic E-state index is 0.133. The summed E-state index contributed by atoms with van der Waals surface area (Å²) in [5.41, 5.74) is 0. The predicted octanol–water partition coefficient (Wildman–Crippen LogP) is 1.24. The summed E-state index contributed by atoms with van der Waals surface area (Å²) in [4.78, 5) is 13.8. The number of furan rings is 1. The predicted molar refractivity (Wildman–Crippen MR) is 60.8 cm³/mol. The molecule has 0 spiro atoms. The Morgan fingerprint density at radius 2 is 2.56 bits per heavy atom. The quantitative estimate of drug-likeness (QED) is 0.837. The van der Waals surface area contributed by atoms with Crippen LogP contribution in [-0.2, 0) is 11.3 Å². The zero-order valence-corrected chi connectivity index (χ0v) is 9.61. The van der Waals surface area contributed by atoms with Crippen molar-refractivity contribution in [1.29, 1.82) is 0 Å². The third kappa shape index (κ3) is 2.64. The van der Waals surface area contributed by atoms with Gasteiger partial charge in [-0.15, -0.1) is 0 Å². The van der Waals surface area contributed by atoms with E-state index < -0.39 is 0 Å². The molecule has 88 valence electrons. The number of hydrogen-bond donors (Lipinski definition) is 1. The van der Waals surface area contributed by atoms with Gasteiger partial charge in [0, 0.05) is 13.6 Å². The third-order valence-corrected chi connectivity index (χ3v) is 3.00. The van der Waals surface area contributed by atoms with Crippen LogP contribution in [0.15, 0.2) is 22.8 Å². The van der Waals surface area contributed by atoms with E-state index in [0.717, 1.165) is 31.7 Å². The maximum Gasteiger partial charge on any atom is 0.227 e. The zero-order chi connectivity index (χ0) is 11.4. The Balaban J connectivity index is 1.88. The SMILES string of the molecule is CN(Cc1ccco1)C(=O)[C@@H]1CCCNC1. The lowest BCUT2D eigenvalue weighted by atomic mass is 9.98. The van der Waals surface area contributed by atoms with E-state index in [-0.39, 0.29) is 11.8 Å². The maximum absolute atomic E-state index is 12.1. The maximum atomic E-state index is 12.1. The van der Waals surface area contributed by atoms with Gasteiger partial charge in [-0.3, -0.25) is 4.79 Å². The van der Waals surface area contributed by atoms with Gasteiger partial charge in [0.15, 0.2) is 0 Å². The summed E-state index contributed by atoms with van der Waals surface area (Å²) >= 11 is 0. The highest BCUT2D eigenvalue weighted by Gasteiger charge is 2.24. The molecule has 1 aliphatic rings. The minimum atomic E-state index is 0.133. The standard InChI is InChI=1S/C12H18N2O2/c1-14(9-11-5-3-7-16-11)12(15)10-4-2-6-13-8-10/h3,5,7,10,13H,2,4,6,8-9H2,1H3/t10-/m1/s1. The lowest BCUT2D eigenvalue weighted by molar-refractivity contribution is -0.135. The number of nitrogens with one attached hydrogen (secondary N) is 1. The average molecular weight is 222 g/mol. The van der Waals surface area contributed by atoms with Gasteiger partial charge < -0.3 is 14.6 Å². The van der Waals surface area contributed by atoms with E-state index in [1.807, 2.05) is 19.2 Å². The van der Waals surface area contributed by atoms with Crippen LogP contribution in [0.3, 0.4) is 0 Å². The molecule has 4 nitrogen and oxygen atoms in total. The molecule has 2 heterocycles. The first-order valence-electron chi connectivity index (χ1n) is 5.75. The molecule has 1 atom stereocenters. The summed E-state index contributed by atoms with van der Waals surface area (Å²) in [7, 11) is 1.83. The zero-order valence-electron chi connectivity index (χ0n) is 9.61. The summed E-state index contributed by atoms with van der Waals surface area (Å²) < 4.78 is 5.23. The summed E-state index contributed by atoms with van der Waals surface area (Å²) in [6, 6.07) is 3.73. The van der Waals surface area contributed by atoms with Crippen LogP contribution in [0.25, 0.3) is 0 Å². The van der Waals surface area contributed by atoms with Crippen molar-refractivity contribution in [2.75, 3.05) is 20.1 Å². The first-order chi connectivity index (χ1) is 7.77. The Hall–Kier alpha value is -1.29. The Morgan fingerprint density at radius 3 is 3.19 bits per heavy atom. The molecule has 0 bridgehead atoms. The molecule has 1 fully saturated rings. The average Bonchev–Trinajstić information content (AvgIpc) is 2.82. The van der Waals surface area contributed by atoms with Crippen LogP contribution in [0, 0.1) is 5.92 Å². The molecule has 0 aromatic carbocycles. The number of rotatable bonds is 3. The van der Waals surface area contributed by atoms with Crippen LogP contribution < -0.4 is 5.32 Å². The van der Waals surface area contributed by atoms with E-state index in [1.165, 1.54) is 0 Å². The van der Waals surface area contributed by atoms with Gasteiger partial charge in [-0.2, -0.15) is 0 Å². The topological polar surface area (TPSA) is 45.5 Å². The summed E-state index contributed by atoms with van der Waals surface area (Å²) in [6.07, 6.45) is 3.72. The first-order valence-corrected chi connectivity index (χ1v) is 5.75. The van der Waals surface area contributed by atoms with E-state index in [1.54, 1.807) is 11.2 Å². The molecule has 1 aliphatic heterocycles. The Kier molecular flexibility index (Phi) is 3.62. The van der Waals surface area contributed by atoms with Gasteiger partial charge in [0.1, 0.15) is 5.76 Å². The van der Waals surface area contributed by atoms with Gasteiger partial charge in [-0.05, 0) is 31.5 Å². The number of hydrogen-bond acceptors (Lipinski definition) is 3. The van der Waals surface area contributed by atoms with E-state index in [4.69, 9.17) is 4.42 Å². The fraction of sp³-hybridized carbons (Fsp3) is 0.583. The highest BCUT2D eigenvalue weighted by Crippen LogP contribution is 2.14. The fourth-order valence-corrected chi connectivity index (χ4v) is 2.09. The van der Waals surface area contributed by atoms with Crippen LogP contribution in [0.1, 0.15) is 18.6 Å². The van der Waals surface area contributed by atoms with Crippen molar-refractivity contribution in [2.24, 2.45) is 5.92 Å². The van der Waals surface area contributed by atoms with Crippen LogP contribution in [0.5, 0.6) is 0 Å². The molecule has 16 heavy (non-hydrogen) atoms.